The predicted octanol–water partition coefficient (Wildman–Crippen LogP) is 1.07. The van der Waals surface area contributed by atoms with Crippen LogP contribution in [-0.4, -0.2) is 51.2 Å². The number of aliphatic carboxylic acids is 1. The van der Waals surface area contributed by atoms with Gasteiger partial charge in [0.1, 0.15) is 0 Å². The summed E-state index contributed by atoms with van der Waals surface area (Å²) in [5.74, 6) is -0.786. The fourth-order valence-corrected chi connectivity index (χ4v) is 3.07. The highest BCUT2D eigenvalue weighted by Gasteiger charge is 2.25. The van der Waals surface area contributed by atoms with E-state index in [0.717, 1.165) is 17.2 Å². The van der Waals surface area contributed by atoms with E-state index in [0.29, 0.717) is 19.8 Å². The van der Waals surface area contributed by atoms with Gasteiger partial charge in [-0.2, -0.15) is 0 Å². The Labute approximate surface area is 114 Å². The normalized spacial score (nSPS) is 20.9. The van der Waals surface area contributed by atoms with E-state index in [4.69, 9.17) is 9.84 Å². The molecule has 0 aliphatic carbocycles. The zero-order chi connectivity index (χ0) is 13.2. The molecule has 0 bridgehead atoms. The number of thiazole rings is 1. The predicted molar refractivity (Wildman–Crippen MR) is 70.3 cm³/mol. The Balaban J connectivity index is 1.72. The summed E-state index contributed by atoms with van der Waals surface area (Å²) in [7, 11) is 0. The summed E-state index contributed by atoms with van der Waals surface area (Å²) in [6, 6.07) is -0.0639. The first-order chi connectivity index (χ1) is 9.22. The van der Waals surface area contributed by atoms with Crippen LogP contribution in [0.15, 0.2) is 17.8 Å². The zero-order valence-electron chi connectivity index (χ0n) is 10.4. The highest BCUT2D eigenvalue weighted by Crippen LogP contribution is 2.17. The van der Waals surface area contributed by atoms with Gasteiger partial charge in [0.15, 0.2) is 4.96 Å². The molecule has 1 atom stereocenters. The van der Waals surface area contributed by atoms with Crippen LogP contribution >= 0.6 is 11.3 Å². The highest BCUT2D eigenvalue weighted by molar-refractivity contribution is 7.15. The lowest BCUT2D eigenvalue weighted by Crippen LogP contribution is -2.45. The molecule has 3 rings (SSSR count). The van der Waals surface area contributed by atoms with Crippen LogP contribution in [0, 0.1) is 0 Å². The number of carboxylic acid groups (broad SMARTS) is 1. The van der Waals surface area contributed by atoms with E-state index in [-0.39, 0.29) is 12.5 Å². The zero-order valence-corrected chi connectivity index (χ0v) is 11.2. The Kier molecular flexibility index (Phi) is 3.50. The molecule has 7 heteroatoms. The topological polar surface area (TPSA) is 67.1 Å². The van der Waals surface area contributed by atoms with E-state index in [9.17, 15) is 4.79 Å². The Morgan fingerprint density at radius 1 is 1.63 bits per heavy atom. The van der Waals surface area contributed by atoms with Gasteiger partial charge in [0.05, 0.1) is 25.3 Å². The Morgan fingerprint density at radius 2 is 2.53 bits per heavy atom. The number of carboxylic acids is 1. The third-order valence-corrected chi connectivity index (χ3v) is 4.04. The van der Waals surface area contributed by atoms with E-state index >= 15 is 0 Å². The second kappa shape index (κ2) is 5.28. The standard InChI is InChI=1S/C12H15N3O3S/c16-11(17)5-10-8-18-3-1-14(10)6-9-7-15-2-4-19-12(15)13-9/h2,4,7,10H,1,3,5-6,8H2,(H,16,17). The number of fused-ring (bicyclic) bond motifs is 1. The van der Waals surface area contributed by atoms with Crippen molar-refractivity contribution in [2.75, 3.05) is 19.8 Å². The van der Waals surface area contributed by atoms with Crippen molar-refractivity contribution >= 4 is 22.3 Å². The largest absolute Gasteiger partial charge is 0.481 e. The lowest BCUT2D eigenvalue weighted by molar-refractivity contribution is -0.140. The molecular weight excluding hydrogens is 266 g/mol. The number of rotatable bonds is 4. The van der Waals surface area contributed by atoms with Crippen molar-refractivity contribution < 1.29 is 14.6 Å². The number of aromatic nitrogens is 2. The molecule has 3 heterocycles. The van der Waals surface area contributed by atoms with Crippen molar-refractivity contribution in [3.05, 3.63) is 23.5 Å². The number of hydrogen-bond donors (Lipinski definition) is 1. The summed E-state index contributed by atoms with van der Waals surface area (Å²) >= 11 is 1.60. The lowest BCUT2D eigenvalue weighted by Gasteiger charge is -2.34. The van der Waals surface area contributed by atoms with Crippen molar-refractivity contribution in [1.82, 2.24) is 14.3 Å². The van der Waals surface area contributed by atoms with Crippen LogP contribution < -0.4 is 0 Å². The second-order valence-corrected chi connectivity index (χ2v) is 5.50. The minimum absolute atomic E-state index is 0.0639. The first-order valence-corrected chi connectivity index (χ1v) is 7.05. The maximum atomic E-state index is 10.9. The SMILES string of the molecule is O=C(O)CC1COCCN1Cc1cn2ccsc2n1. The van der Waals surface area contributed by atoms with Crippen LogP contribution in [0.2, 0.25) is 0 Å². The van der Waals surface area contributed by atoms with Crippen molar-refractivity contribution in [2.45, 2.75) is 19.0 Å². The van der Waals surface area contributed by atoms with Gasteiger partial charge < -0.3 is 9.84 Å². The van der Waals surface area contributed by atoms with E-state index in [1.54, 1.807) is 11.3 Å². The number of imidazole rings is 1. The quantitative estimate of drug-likeness (QED) is 0.908. The molecule has 6 nitrogen and oxygen atoms in total. The third kappa shape index (κ3) is 2.78. The summed E-state index contributed by atoms with van der Waals surface area (Å²) in [6.45, 7) is 2.56. The fourth-order valence-electron chi connectivity index (χ4n) is 2.35. The number of carbonyl (C=O) groups is 1. The molecule has 0 amide bonds. The summed E-state index contributed by atoms with van der Waals surface area (Å²) in [5, 5.41) is 10.9. The summed E-state index contributed by atoms with van der Waals surface area (Å²) < 4.78 is 7.36. The maximum absolute atomic E-state index is 10.9. The molecule has 1 unspecified atom stereocenters. The molecule has 0 radical (unpaired) electrons. The molecule has 2 aromatic heterocycles. The molecule has 1 N–H and O–H groups in total. The molecule has 1 aliphatic rings. The van der Waals surface area contributed by atoms with Crippen LogP contribution in [0.4, 0.5) is 0 Å². The molecule has 1 saturated heterocycles. The Hall–Kier alpha value is -1.44. The van der Waals surface area contributed by atoms with Gasteiger partial charge in [-0.1, -0.05) is 0 Å². The van der Waals surface area contributed by atoms with Gasteiger partial charge in [0.2, 0.25) is 0 Å². The Bertz CT molecular complexity index is 551. The molecule has 0 aromatic carbocycles. The van der Waals surface area contributed by atoms with Gasteiger partial charge in [0, 0.05) is 36.9 Å². The molecule has 1 aliphatic heterocycles. The lowest BCUT2D eigenvalue weighted by atomic mass is 10.1. The number of morpholine rings is 1. The first kappa shape index (κ1) is 12.6. The van der Waals surface area contributed by atoms with E-state index in [1.807, 2.05) is 22.2 Å². The minimum Gasteiger partial charge on any atom is -0.481 e. The smallest absolute Gasteiger partial charge is 0.305 e. The average Bonchev–Trinajstić information content (AvgIpc) is 2.91. The van der Waals surface area contributed by atoms with Crippen LogP contribution in [0.3, 0.4) is 0 Å². The van der Waals surface area contributed by atoms with Gasteiger partial charge in [-0.3, -0.25) is 14.1 Å². The number of hydrogen-bond acceptors (Lipinski definition) is 5. The average molecular weight is 281 g/mol. The molecular formula is C12H15N3O3S. The van der Waals surface area contributed by atoms with E-state index in [2.05, 4.69) is 9.88 Å². The van der Waals surface area contributed by atoms with Crippen LogP contribution in [0.25, 0.3) is 4.96 Å². The van der Waals surface area contributed by atoms with Crippen molar-refractivity contribution in [3.63, 3.8) is 0 Å². The molecule has 1 fully saturated rings. The van der Waals surface area contributed by atoms with Crippen LogP contribution in [0.5, 0.6) is 0 Å². The van der Waals surface area contributed by atoms with Gasteiger partial charge in [-0.05, 0) is 0 Å². The van der Waals surface area contributed by atoms with Crippen molar-refractivity contribution in [2.24, 2.45) is 0 Å². The van der Waals surface area contributed by atoms with Gasteiger partial charge in [-0.15, -0.1) is 11.3 Å². The molecule has 102 valence electrons. The Morgan fingerprint density at radius 3 is 3.32 bits per heavy atom. The van der Waals surface area contributed by atoms with Gasteiger partial charge in [-0.25, -0.2) is 4.98 Å². The number of nitrogens with zero attached hydrogens (tertiary/aromatic N) is 3. The van der Waals surface area contributed by atoms with Gasteiger partial charge >= 0.3 is 5.97 Å². The van der Waals surface area contributed by atoms with E-state index < -0.39 is 5.97 Å². The second-order valence-electron chi connectivity index (χ2n) is 4.62. The van der Waals surface area contributed by atoms with Gasteiger partial charge in [0.25, 0.3) is 0 Å². The fraction of sp³-hybridized carbons (Fsp3) is 0.500. The van der Waals surface area contributed by atoms with Crippen molar-refractivity contribution in [3.8, 4) is 0 Å². The molecule has 2 aromatic rings. The number of ether oxygens (including phenoxy) is 1. The van der Waals surface area contributed by atoms with Crippen LogP contribution in [-0.2, 0) is 16.1 Å². The van der Waals surface area contributed by atoms with E-state index in [1.165, 1.54) is 0 Å². The highest BCUT2D eigenvalue weighted by atomic mass is 32.1. The summed E-state index contributed by atoms with van der Waals surface area (Å²) in [5.41, 5.74) is 0.976. The monoisotopic (exact) mass is 281 g/mol. The minimum atomic E-state index is -0.786. The molecule has 19 heavy (non-hydrogen) atoms. The van der Waals surface area contributed by atoms with Crippen LogP contribution in [0.1, 0.15) is 12.1 Å². The molecule has 0 saturated carbocycles. The third-order valence-electron chi connectivity index (χ3n) is 3.27. The summed E-state index contributed by atoms with van der Waals surface area (Å²) in [4.78, 5) is 18.5. The first-order valence-electron chi connectivity index (χ1n) is 6.17. The molecule has 0 spiro atoms. The maximum Gasteiger partial charge on any atom is 0.305 e. The van der Waals surface area contributed by atoms with Crippen molar-refractivity contribution in [1.29, 1.82) is 0 Å². The summed E-state index contributed by atoms with van der Waals surface area (Å²) in [6.07, 6.45) is 4.09.